The highest BCUT2D eigenvalue weighted by atomic mass is 35.5. The van der Waals surface area contributed by atoms with Crippen LogP contribution in [0.1, 0.15) is 17.2 Å². The van der Waals surface area contributed by atoms with Crippen LogP contribution in [-0.4, -0.2) is 37.7 Å². The third kappa shape index (κ3) is 4.95. The maximum absolute atomic E-state index is 6.26. The van der Waals surface area contributed by atoms with Crippen molar-refractivity contribution in [2.45, 2.75) is 12.7 Å². The van der Waals surface area contributed by atoms with Gasteiger partial charge < -0.3 is 9.47 Å². The Labute approximate surface area is 153 Å². The molecule has 1 fully saturated rings. The molecule has 0 amide bonds. The summed E-state index contributed by atoms with van der Waals surface area (Å²) in [7, 11) is 0. The summed E-state index contributed by atoms with van der Waals surface area (Å²) in [6.07, 6.45) is -0.00366. The summed E-state index contributed by atoms with van der Waals surface area (Å²) >= 11 is 12.2. The zero-order chi connectivity index (χ0) is 16.8. The van der Waals surface area contributed by atoms with E-state index in [2.05, 4.69) is 17.0 Å². The van der Waals surface area contributed by atoms with Crippen LogP contribution in [0.3, 0.4) is 0 Å². The number of rotatable bonds is 6. The number of nitrogens with zero attached hydrogens (tertiary/aromatic N) is 1. The third-order valence-electron chi connectivity index (χ3n) is 4.15. The van der Waals surface area contributed by atoms with Gasteiger partial charge >= 0.3 is 0 Å². The van der Waals surface area contributed by atoms with Gasteiger partial charge in [-0.05, 0) is 23.3 Å². The molecular weight excluding hydrogens is 345 g/mol. The molecular formula is C19H21Cl2NO2. The number of halogens is 2. The van der Waals surface area contributed by atoms with Crippen LogP contribution in [0.4, 0.5) is 0 Å². The van der Waals surface area contributed by atoms with E-state index in [0.29, 0.717) is 16.7 Å². The van der Waals surface area contributed by atoms with E-state index >= 15 is 0 Å². The topological polar surface area (TPSA) is 21.7 Å². The van der Waals surface area contributed by atoms with E-state index in [0.717, 1.165) is 38.4 Å². The van der Waals surface area contributed by atoms with E-state index in [4.69, 9.17) is 32.7 Å². The molecule has 0 radical (unpaired) electrons. The van der Waals surface area contributed by atoms with Crippen molar-refractivity contribution < 1.29 is 9.47 Å². The van der Waals surface area contributed by atoms with E-state index < -0.39 is 0 Å². The van der Waals surface area contributed by atoms with Gasteiger partial charge in [-0.2, -0.15) is 0 Å². The molecule has 1 atom stereocenters. The molecule has 1 heterocycles. The molecule has 1 aliphatic rings. The molecule has 24 heavy (non-hydrogen) atoms. The third-order valence-corrected chi connectivity index (χ3v) is 4.74. The van der Waals surface area contributed by atoms with Gasteiger partial charge in [0.1, 0.15) is 0 Å². The molecule has 0 bridgehead atoms. The van der Waals surface area contributed by atoms with E-state index in [1.54, 1.807) is 6.07 Å². The zero-order valence-corrected chi connectivity index (χ0v) is 15.0. The summed E-state index contributed by atoms with van der Waals surface area (Å²) < 4.78 is 11.7. The Morgan fingerprint density at radius 3 is 2.50 bits per heavy atom. The minimum absolute atomic E-state index is 0.00366. The summed E-state index contributed by atoms with van der Waals surface area (Å²) in [5, 5.41) is 1.28. The van der Waals surface area contributed by atoms with Crippen LogP contribution in [0, 0.1) is 0 Å². The first kappa shape index (κ1) is 17.7. The molecule has 0 N–H and O–H groups in total. The van der Waals surface area contributed by atoms with Crippen LogP contribution >= 0.6 is 23.2 Å². The first-order valence-corrected chi connectivity index (χ1v) is 8.88. The molecule has 0 aromatic heterocycles. The second kappa shape index (κ2) is 8.84. The highest BCUT2D eigenvalue weighted by molar-refractivity contribution is 6.35. The van der Waals surface area contributed by atoms with Crippen molar-refractivity contribution >= 4 is 23.2 Å². The van der Waals surface area contributed by atoms with Crippen LogP contribution in [0.15, 0.2) is 48.5 Å². The molecule has 2 aromatic carbocycles. The van der Waals surface area contributed by atoms with Gasteiger partial charge in [-0.3, -0.25) is 4.90 Å². The van der Waals surface area contributed by atoms with E-state index in [1.807, 2.05) is 30.3 Å². The lowest BCUT2D eigenvalue weighted by Gasteiger charge is -2.30. The summed E-state index contributed by atoms with van der Waals surface area (Å²) in [6.45, 7) is 4.75. The number of hydrogen-bond donors (Lipinski definition) is 0. The Hall–Kier alpha value is -1.10. The van der Waals surface area contributed by atoms with Gasteiger partial charge in [0.05, 0.1) is 25.9 Å². The largest absolute Gasteiger partial charge is 0.379 e. The predicted octanol–water partition coefficient (Wildman–Crippen LogP) is 4.58. The molecule has 1 saturated heterocycles. The lowest BCUT2D eigenvalue weighted by molar-refractivity contribution is -0.0191. The van der Waals surface area contributed by atoms with Crippen LogP contribution < -0.4 is 0 Å². The second-order valence-electron chi connectivity index (χ2n) is 5.86. The quantitative estimate of drug-likeness (QED) is 0.747. The SMILES string of the molecule is Clc1ccc(CO[C@@H](CN2CCOCC2)c2ccccc2)c(Cl)c1. The molecule has 0 saturated carbocycles. The van der Waals surface area contributed by atoms with Crippen LogP contribution in [0.5, 0.6) is 0 Å². The molecule has 3 rings (SSSR count). The van der Waals surface area contributed by atoms with Gasteiger partial charge in [-0.1, -0.05) is 59.6 Å². The zero-order valence-electron chi connectivity index (χ0n) is 13.5. The summed E-state index contributed by atoms with van der Waals surface area (Å²) in [5.41, 5.74) is 2.12. The molecule has 1 aliphatic heterocycles. The first-order chi connectivity index (χ1) is 11.7. The average molecular weight is 366 g/mol. The van der Waals surface area contributed by atoms with Crippen molar-refractivity contribution in [1.29, 1.82) is 0 Å². The lowest BCUT2D eigenvalue weighted by atomic mass is 10.1. The fourth-order valence-corrected chi connectivity index (χ4v) is 3.23. The van der Waals surface area contributed by atoms with Crippen LogP contribution in [0.25, 0.3) is 0 Å². The van der Waals surface area contributed by atoms with Crippen molar-refractivity contribution in [3.63, 3.8) is 0 Å². The second-order valence-corrected chi connectivity index (χ2v) is 6.70. The molecule has 3 nitrogen and oxygen atoms in total. The molecule has 0 spiro atoms. The van der Waals surface area contributed by atoms with Crippen molar-refractivity contribution in [2.75, 3.05) is 32.8 Å². The van der Waals surface area contributed by atoms with Gasteiger partial charge in [-0.15, -0.1) is 0 Å². The van der Waals surface area contributed by atoms with Crippen LogP contribution in [0.2, 0.25) is 10.0 Å². The molecule has 0 aliphatic carbocycles. The Morgan fingerprint density at radius 1 is 1.04 bits per heavy atom. The fourth-order valence-electron chi connectivity index (χ4n) is 2.77. The maximum atomic E-state index is 6.26. The first-order valence-electron chi connectivity index (χ1n) is 8.13. The van der Waals surface area contributed by atoms with Gasteiger partial charge in [0, 0.05) is 29.7 Å². The van der Waals surface area contributed by atoms with Crippen molar-refractivity contribution in [2.24, 2.45) is 0 Å². The molecule has 5 heteroatoms. The van der Waals surface area contributed by atoms with Crippen molar-refractivity contribution in [3.05, 3.63) is 69.7 Å². The summed E-state index contributed by atoms with van der Waals surface area (Å²) in [5.74, 6) is 0. The van der Waals surface area contributed by atoms with Gasteiger partial charge in [-0.25, -0.2) is 0 Å². The Bertz CT molecular complexity index is 645. The minimum Gasteiger partial charge on any atom is -0.379 e. The van der Waals surface area contributed by atoms with Gasteiger partial charge in [0.25, 0.3) is 0 Å². The average Bonchev–Trinajstić information content (AvgIpc) is 2.61. The monoisotopic (exact) mass is 365 g/mol. The van der Waals surface area contributed by atoms with Gasteiger partial charge in [0.2, 0.25) is 0 Å². The molecule has 0 unspecified atom stereocenters. The lowest BCUT2D eigenvalue weighted by Crippen LogP contribution is -2.39. The van der Waals surface area contributed by atoms with Crippen molar-refractivity contribution in [3.8, 4) is 0 Å². The van der Waals surface area contributed by atoms with Gasteiger partial charge in [0.15, 0.2) is 0 Å². The number of hydrogen-bond acceptors (Lipinski definition) is 3. The fraction of sp³-hybridized carbons (Fsp3) is 0.368. The number of ether oxygens (including phenoxy) is 2. The summed E-state index contributed by atoms with van der Waals surface area (Å²) in [6, 6.07) is 15.8. The number of morpholine rings is 1. The normalized spacial score (nSPS) is 16.9. The standard InChI is InChI=1S/C19H21Cl2NO2/c20-17-7-6-16(18(21)12-17)14-24-19(15-4-2-1-3-5-15)13-22-8-10-23-11-9-22/h1-7,12,19H,8-11,13-14H2/t19-/m0/s1. The van der Waals surface area contributed by atoms with E-state index in [-0.39, 0.29) is 6.10 Å². The Kier molecular flexibility index (Phi) is 6.52. The highest BCUT2D eigenvalue weighted by Gasteiger charge is 2.19. The van der Waals surface area contributed by atoms with E-state index in [1.165, 1.54) is 5.56 Å². The molecule has 128 valence electrons. The number of benzene rings is 2. The Morgan fingerprint density at radius 2 is 1.79 bits per heavy atom. The van der Waals surface area contributed by atoms with Crippen LogP contribution in [-0.2, 0) is 16.1 Å². The predicted molar refractivity (Wildman–Crippen MR) is 97.7 cm³/mol. The minimum atomic E-state index is -0.00366. The maximum Gasteiger partial charge on any atom is 0.0956 e. The Balaban J connectivity index is 1.69. The summed E-state index contributed by atoms with van der Waals surface area (Å²) in [4.78, 5) is 2.38. The van der Waals surface area contributed by atoms with Crippen molar-refractivity contribution in [1.82, 2.24) is 4.90 Å². The van der Waals surface area contributed by atoms with E-state index in [9.17, 15) is 0 Å². The smallest absolute Gasteiger partial charge is 0.0956 e. The highest BCUT2D eigenvalue weighted by Crippen LogP contribution is 2.25. The molecule has 2 aromatic rings.